The molecule has 0 bridgehead atoms. The van der Waals surface area contributed by atoms with Crippen molar-refractivity contribution in [2.24, 2.45) is 0 Å². The van der Waals surface area contributed by atoms with Crippen molar-refractivity contribution in [3.05, 3.63) is 35.4 Å². The highest BCUT2D eigenvalue weighted by Crippen LogP contribution is 2.45. The summed E-state index contributed by atoms with van der Waals surface area (Å²) < 4.78 is 0. The van der Waals surface area contributed by atoms with E-state index in [1.54, 1.807) is 18.2 Å². The molecule has 96 valence electrons. The van der Waals surface area contributed by atoms with Gasteiger partial charge in [-0.2, -0.15) is 5.26 Å². The standard InChI is InChI=1S/C15H13ClN2O/c1-18-8-10(6-16)15-12(18)5-13(19)11-4-2-3-9(7-17)14(11)15/h2-5,10,19H,6,8H2,1H3. The van der Waals surface area contributed by atoms with E-state index < -0.39 is 0 Å². The topological polar surface area (TPSA) is 47.3 Å². The quantitative estimate of drug-likeness (QED) is 0.811. The van der Waals surface area contributed by atoms with Gasteiger partial charge in [0.15, 0.2) is 0 Å². The summed E-state index contributed by atoms with van der Waals surface area (Å²) in [7, 11) is 1.98. The Hall–Kier alpha value is -1.92. The normalized spacial score (nSPS) is 17.5. The highest BCUT2D eigenvalue weighted by Gasteiger charge is 2.30. The first-order valence-electron chi connectivity index (χ1n) is 6.13. The summed E-state index contributed by atoms with van der Waals surface area (Å²) in [5.74, 6) is 0.920. The minimum Gasteiger partial charge on any atom is -0.507 e. The Labute approximate surface area is 116 Å². The second-order valence-corrected chi connectivity index (χ2v) is 5.21. The fourth-order valence-electron chi connectivity index (χ4n) is 2.94. The van der Waals surface area contributed by atoms with Crippen LogP contribution < -0.4 is 4.90 Å². The molecule has 0 saturated carbocycles. The van der Waals surface area contributed by atoms with Crippen molar-refractivity contribution in [1.29, 1.82) is 5.26 Å². The molecule has 1 heterocycles. The maximum atomic E-state index is 10.2. The molecule has 1 unspecified atom stereocenters. The molecule has 2 aromatic carbocycles. The summed E-state index contributed by atoms with van der Waals surface area (Å²) in [5, 5.41) is 21.0. The number of likely N-dealkylation sites (N-methyl/N-ethyl adjacent to an activating group) is 1. The van der Waals surface area contributed by atoms with Crippen molar-refractivity contribution < 1.29 is 5.11 Å². The third-order valence-electron chi connectivity index (χ3n) is 3.78. The summed E-state index contributed by atoms with van der Waals surface area (Å²) in [6, 6.07) is 9.40. The fraction of sp³-hybridized carbons (Fsp3) is 0.267. The van der Waals surface area contributed by atoms with E-state index in [4.69, 9.17) is 11.6 Å². The molecule has 0 aliphatic carbocycles. The third kappa shape index (κ3) is 1.64. The van der Waals surface area contributed by atoms with Crippen LogP contribution in [-0.4, -0.2) is 24.6 Å². The van der Waals surface area contributed by atoms with Gasteiger partial charge in [-0.05, 0) is 11.6 Å². The number of hydrogen-bond donors (Lipinski definition) is 1. The number of fused-ring (bicyclic) bond motifs is 3. The number of phenols is 1. The smallest absolute Gasteiger partial charge is 0.125 e. The summed E-state index contributed by atoms with van der Waals surface area (Å²) in [5.41, 5.74) is 2.65. The molecule has 0 spiro atoms. The van der Waals surface area contributed by atoms with Crippen molar-refractivity contribution in [3.8, 4) is 11.8 Å². The van der Waals surface area contributed by atoms with Gasteiger partial charge in [-0.25, -0.2) is 0 Å². The van der Waals surface area contributed by atoms with Crippen LogP contribution in [0.15, 0.2) is 24.3 Å². The van der Waals surface area contributed by atoms with Gasteiger partial charge in [0, 0.05) is 47.9 Å². The molecule has 0 radical (unpaired) electrons. The van der Waals surface area contributed by atoms with Crippen LogP contribution in [0.25, 0.3) is 10.8 Å². The molecule has 1 atom stereocenters. The lowest BCUT2D eigenvalue weighted by molar-refractivity contribution is 0.481. The minimum absolute atomic E-state index is 0.194. The van der Waals surface area contributed by atoms with Gasteiger partial charge in [0.25, 0.3) is 0 Å². The molecule has 3 nitrogen and oxygen atoms in total. The predicted molar refractivity (Wildman–Crippen MR) is 77.1 cm³/mol. The van der Waals surface area contributed by atoms with Gasteiger partial charge >= 0.3 is 0 Å². The zero-order valence-electron chi connectivity index (χ0n) is 10.5. The fourth-order valence-corrected chi connectivity index (χ4v) is 3.19. The highest BCUT2D eigenvalue weighted by atomic mass is 35.5. The van der Waals surface area contributed by atoms with Crippen LogP contribution in [0.5, 0.6) is 5.75 Å². The average molecular weight is 273 g/mol. The molecule has 0 fully saturated rings. The van der Waals surface area contributed by atoms with Crippen molar-refractivity contribution in [2.45, 2.75) is 5.92 Å². The number of hydrogen-bond acceptors (Lipinski definition) is 3. The Morgan fingerprint density at radius 1 is 1.53 bits per heavy atom. The van der Waals surface area contributed by atoms with Crippen LogP contribution in [0.4, 0.5) is 5.69 Å². The van der Waals surface area contributed by atoms with Crippen LogP contribution >= 0.6 is 11.6 Å². The van der Waals surface area contributed by atoms with E-state index in [2.05, 4.69) is 11.0 Å². The number of halogens is 1. The van der Waals surface area contributed by atoms with Crippen molar-refractivity contribution in [2.75, 3.05) is 24.4 Å². The molecular weight excluding hydrogens is 260 g/mol. The molecule has 4 heteroatoms. The first-order chi connectivity index (χ1) is 9.17. The molecule has 0 amide bonds. The lowest BCUT2D eigenvalue weighted by Gasteiger charge is -2.14. The number of rotatable bonds is 1. The van der Waals surface area contributed by atoms with Gasteiger partial charge in [-0.3, -0.25) is 0 Å². The van der Waals surface area contributed by atoms with Gasteiger partial charge in [0.2, 0.25) is 0 Å². The number of nitriles is 1. The largest absolute Gasteiger partial charge is 0.507 e. The molecule has 1 N–H and O–H groups in total. The van der Waals surface area contributed by atoms with Crippen molar-refractivity contribution >= 4 is 28.1 Å². The summed E-state index contributed by atoms with van der Waals surface area (Å²) >= 11 is 6.06. The van der Waals surface area contributed by atoms with Gasteiger partial charge in [-0.1, -0.05) is 12.1 Å². The Morgan fingerprint density at radius 2 is 2.32 bits per heavy atom. The van der Waals surface area contributed by atoms with Crippen LogP contribution in [0.3, 0.4) is 0 Å². The Balaban J connectivity index is 2.47. The first-order valence-corrected chi connectivity index (χ1v) is 6.66. The maximum Gasteiger partial charge on any atom is 0.125 e. The van der Waals surface area contributed by atoms with Crippen LogP contribution in [0, 0.1) is 11.3 Å². The number of phenolic OH excluding ortho intramolecular Hbond substituents is 1. The molecule has 0 saturated heterocycles. The predicted octanol–water partition coefficient (Wildman–Crippen LogP) is 3.19. The lowest BCUT2D eigenvalue weighted by atomic mass is 9.92. The van der Waals surface area contributed by atoms with E-state index >= 15 is 0 Å². The summed E-state index contributed by atoms with van der Waals surface area (Å²) in [6.45, 7) is 0.817. The third-order valence-corrected chi connectivity index (χ3v) is 4.15. The molecule has 2 aromatic rings. The molecule has 0 aromatic heterocycles. The van der Waals surface area contributed by atoms with Gasteiger partial charge < -0.3 is 10.0 Å². The van der Waals surface area contributed by atoms with E-state index in [-0.39, 0.29) is 11.7 Å². The van der Waals surface area contributed by atoms with E-state index in [1.165, 1.54) is 0 Å². The molecule has 1 aliphatic heterocycles. The molecule has 3 rings (SSSR count). The SMILES string of the molecule is CN1CC(CCl)c2c1cc(O)c1cccc(C#N)c21. The van der Waals surface area contributed by atoms with Crippen molar-refractivity contribution in [3.63, 3.8) is 0 Å². The number of benzene rings is 2. The van der Waals surface area contributed by atoms with E-state index in [0.717, 1.165) is 28.6 Å². The first kappa shape index (κ1) is 12.1. The number of anilines is 1. The monoisotopic (exact) mass is 272 g/mol. The maximum absolute atomic E-state index is 10.2. The van der Waals surface area contributed by atoms with Crippen LogP contribution in [-0.2, 0) is 0 Å². The van der Waals surface area contributed by atoms with Gasteiger partial charge in [0.1, 0.15) is 5.75 Å². The van der Waals surface area contributed by atoms with E-state index in [9.17, 15) is 10.4 Å². The number of alkyl halides is 1. The van der Waals surface area contributed by atoms with E-state index in [1.807, 2.05) is 13.1 Å². The molecular formula is C15H13ClN2O. The Morgan fingerprint density at radius 3 is 3.00 bits per heavy atom. The van der Waals surface area contributed by atoms with Crippen LogP contribution in [0.1, 0.15) is 17.0 Å². The lowest BCUT2D eigenvalue weighted by Crippen LogP contribution is -2.15. The molecule has 1 aliphatic rings. The van der Waals surface area contributed by atoms with Crippen LogP contribution in [0.2, 0.25) is 0 Å². The van der Waals surface area contributed by atoms with Crippen molar-refractivity contribution in [1.82, 2.24) is 0 Å². The minimum atomic E-state index is 0.194. The molecule has 19 heavy (non-hydrogen) atoms. The number of nitrogens with zero attached hydrogens (tertiary/aromatic N) is 2. The Kier molecular flexibility index (Phi) is 2.76. The van der Waals surface area contributed by atoms with Gasteiger partial charge in [-0.15, -0.1) is 11.6 Å². The second kappa shape index (κ2) is 4.32. The van der Waals surface area contributed by atoms with E-state index in [0.29, 0.717) is 11.4 Å². The Bertz CT molecular complexity index is 705. The number of aromatic hydroxyl groups is 1. The average Bonchev–Trinajstić information content (AvgIpc) is 2.75. The summed E-state index contributed by atoms with van der Waals surface area (Å²) in [4.78, 5) is 2.08. The highest BCUT2D eigenvalue weighted by molar-refractivity contribution is 6.19. The second-order valence-electron chi connectivity index (χ2n) is 4.90. The zero-order valence-corrected chi connectivity index (χ0v) is 11.3. The van der Waals surface area contributed by atoms with Gasteiger partial charge in [0.05, 0.1) is 11.6 Å². The zero-order chi connectivity index (χ0) is 13.6. The summed E-state index contributed by atoms with van der Waals surface area (Å²) in [6.07, 6.45) is 0.